The lowest BCUT2D eigenvalue weighted by Crippen LogP contribution is -2.18. The van der Waals surface area contributed by atoms with Gasteiger partial charge in [0.1, 0.15) is 5.78 Å². The number of aromatic nitrogens is 1. The fraction of sp³-hybridized carbons (Fsp3) is 0.240. The number of rotatable bonds is 7. The topological polar surface area (TPSA) is 47.0 Å². The Morgan fingerprint density at radius 1 is 0.882 bits per heavy atom. The number of alkyl halides is 6. The van der Waals surface area contributed by atoms with E-state index < -0.39 is 47.3 Å². The van der Waals surface area contributed by atoms with Crippen molar-refractivity contribution < 1.29 is 35.9 Å². The lowest BCUT2D eigenvalue weighted by Gasteiger charge is -2.21. The molecule has 1 atom stereocenters. The molecule has 1 heterocycles. The summed E-state index contributed by atoms with van der Waals surface area (Å²) in [5.41, 5.74) is -1.48. The van der Waals surface area contributed by atoms with Gasteiger partial charge in [-0.05, 0) is 48.4 Å². The number of hydrogen-bond acceptors (Lipinski definition) is 3. The van der Waals surface area contributed by atoms with Gasteiger partial charge in [-0.2, -0.15) is 26.3 Å². The van der Waals surface area contributed by atoms with Gasteiger partial charge in [0.25, 0.3) is 0 Å². The van der Waals surface area contributed by atoms with Gasteiger partial charge in [0, 0.05) is 30.5 Å². The molecule has 0 spiro atoms. The first-order valence-electron chi connectivity index (χ1n) is 10.2. The Labute approximate surface area is 191 Å². The van der Waals surface area contributed by atoms with Crippen molar-refractivity contribution in [2.45, 2.75) is 38.0 Å². The van der Waals surface area contributed by atoms with Crippen LogP contribution in [-0.4, -0.2) is 16.6 Å². The molecule has 0 aliphatic rings. The first-order valence-corrected chi connectivity index (χ1v) is 10.2. The van der Waals surface area contributed by atoms with Gasteiger partial charge in [-0.3, -0.25) is 14.6 Å². The molecule has 2 aromatic carbocycles. The van der Waals surface area contributed by atoms with Gasteiger partial charge in [0.05, 0.1) is 16.8 Å². The van der Waals surface area contributed by atoms with Crippen molar-refractivity contribution >= 4 is 11.6 Å². The summed E-state index contributed by atoms with van der Waals surface area (Å²) in [6.07, 6.45) is -8.83. The van der Waals surface area contributed by atoms with Crippen molar-refractivity contribution in [3.63, 3.8) is 0 Å². The summed E-state index contributed by atoms with van der Waals surface area (Å²) in [7, 11) is 0. The van der Waals surface area contributed by atoms with E-state index in [1.54, 1.807) is 18.2 Å². The molecule has 0 saturated carbocycles. The minimum absolute atomic E-state index is 0.100. The van der Waals surface area contributed by atoms with Crippen LogP contribution in [0.4, 0.5) is 26.3 Å². The fourth-order valence-corrected chi connectivity index (χ4v) is 3.64. The number of pyridine rings is 1. The molecular weight excluding hydrogens is 460 g/mol. The quantitative estimate of drug-likeness (QED) is 0.281. The molecule has 0 amide bonds. The highest BCUT2D eigenvalue weighted by atomic mass is 19.4. The number of benzene rings is 2. The van der Waals surface area contributed by atoms with E-state index in [0.717, 1.165) is 42.6 Å². The van der Waals surface area contributed by atoms with Crippen molar-refractivity contribution in [1.29, 1.82) is 0 Å². The standard InChI is InChI=1S/C25H19F6NO2/c1-15(33)18-5-2-4-16(12-18)13-20(34)14-21(17-7-9-19(10-8-17)24(26,27)28)23-22(25(29,30)31)6-3-11-32-23/h2-12,21H,13-14H2,1H3/t21-/m0/s1. The van der Waals surface area contributed by atoms with Crippen molar-refractivity contribution in [1.82, 2.24) is 4.98 Å². The van der Waals surface area contributed by atoms with Crippen LogP contribution in [0.2, 0.25) is 0 Å². The van der Waals surface area contributed by atoms with Gasteiger partial charge in [0.2, 0.25) is 0 Å². The van der Waals surface area contributed by atoms with Crippen LogP contribution in [0.3, 0.4) is 0 Å². The van der Waals surface area contributed by atoms with E-state index in [0.29, 0.717) is 11.1 Å². The molecule has 3 nitrogen and oxygen atoms in total. The zero-order chi connectivity index (χ0) is 25.1. The normalized spacial score (nSPS) is 12.9. The van der Waals surface area contributed by atoms with E-state index >= 15 is 0 Å². The molecule has 9 heteroatoms. The number of halogens is 6. The van der Waals surface area contributed by atoms with E-state index in [1.165, 1.54) is 13.0 Å². The van der Waals surface area contributed by atoms with Crippen LogP contribution in [0, 0.1) is 0 Å². The monoisotopic (exact) mass is 479 g/mol. The molecule has 0 bridgehead atoms. The summed E-state index contributed by atoms with van der Waals surface area (Å²) in [5, 5.41) is 0. The molecule has 34 heavy (non-hydrogen) atoms. The predicted molar refractivity (Wildman–Crippen MR) is 112 cm³/mol. The van der Waals surface area contributed by atoms with E-state index in [4.69, 9.17) is 0 Å². The third-order valence-corrected chi connectivity index (χ3v) is 5.28. The molecule has 0 radical (unpaired) electrons. The average Bonchev–Trinajstić information content (AvgIpc) is 2.76. The highest BCUT2D eigenvalue weighted by molar-refractivity contribution is 5.94. The first kappa shape index (κ1) is 25.1. The number of ketones is 2. The second-order valence-corrected chi connectivity index (χ2v) is 7.78. The Hall–Kier alpha value is -3.49. The maximum atomic E-state index is 13.6. The first-order chi connectivity index (χ1) is 15.9. The molecule has 3 rings (SSSR count). The SMILES string of the molecule is CC(=O)c1cccc(CC(=O)C[C@@H](c2ccc(C(F)(F)F)cc2)c2ncccc2C(F)(F)F)c1. The summed E-state index contributed by atoms with van der Waals surface area (Å²) >= 11 is 0. The third kappa shape index (κ3) is 6.09. The maximum absolute atomic E-state index is 13.6. The van der Waals surface area contributed by atoms with Gasteiger partial charge in [0.15, 0.2) is 5.78 Å². The predicted octanol–water partition coefficient (Wildman–Crippen LogP) is 6.66. The summed E-state index contributed by atoms with van der Waals surface area (Å²) in [5.74, 6) is -1.88. The van der Waals surface area contributed by atoms with E-state index in [-0.39, 0.29) is 17.8 Å². The number of carbonyl (C=O) groups excluding carboxylic acids is 2. The van der Waals surface area contributed by atoms with Gasteiger partial charge in [-0.15, -0.1) is 0 Å². The van der Waals surface area contributed by atoms with Crippen molar-refractivity contribution in [3.8, 4) is 0 Å². The zero-order valence-electron chi connectivity index (χ0n) is 17.9. The Balaban J connectivity index is 1.98. The summed E-state index contributed by atoms with van der Waals surface area (Å²) in [6, 6.07) is 11.9. The van der Waals surface area contributed by atoms with Gasteiger partial charge in [-0.25, -0.2) is 0 Å². The molecule has 1 aromatic heterocycles. The Morgan fingerprint density at radius 3 is 2.15 bits per heavy atom. The Morgan fingerprint density at radius 2 is 1.56 bits per heavy atom. The zero-order valence-corrected chi connectivity index (χ0v) is 17.9. The van der Waals surface area contributed by atoms with E-state index in [9.17, 15) is 35.9 Å². The summed E-state index contributed by atoms with van der Waals surface area (Å²) < 4.78 is 79.8. The number of hydrogen-bond donors (Lipinski definition) is 0. The fourth-order valence-electron chi connectivity index (χ4n) is 3.64. The highest BCUT2D eigenvalue weighted by Gasteiger charge is 2.37. The van der Waals surface area contributed by atoms with Gasteiger partial charge < -0.3 is 0 Å². The molecular formula is C25H19F6NO2. The number of Topliss-reactive ketones (excluding diaryl/α,β-unsaturated/α-hetero) is 2. The molecule has 0 N–H and O–H groups in total. The van der Waals surface area contributed by atoms with Gasteiger partial charge >= 0.3 is 12.4 Å². The van der Waals surface area contributed by atoms with Crippen molar-refractivity contribution in [2.75, 3.05) is 0 Å². The number of nitrogens with zero attached hydrogens (tertiary/aromatic N) is 1. The summed E-state index contributed by atoms with van der Waals surface area (Å²) in [4.78, 5) is 28.3. The van der Waals surface area contributed by atoms with Crippen LogP contribution in [0.1, 0.15) is 57.6 Å². The Kier molecular flexibility index (Phi) is 7.24. The van der Waals surface area contributed by atoms with Gasteiger partial charge in [-0.1, -0.05) is 30.3 Å². The van der Waals surface area contributed by atoms with Crippen molar-refractivity contribution in [3.05, 3.63) is 100 Å². The lowest BCUT2D eigenvalue weighted by atomic mass is 9.86. The molecule has 0 aliphatic carbocycles. The van der Waals surface area contributed by atoms with Crippen LogP contribution in [-0.2, 0) is 23.6 Å². The molecule has 3 aromatic rings. The highest BCUT2D eigenvalue weighted by Crippen LogP contribution is 2.39. The molecule has 0 saturated heterocycles. The van der Waals surface area contributed by atoms with Crippen LogP contribution in [0.5, 0.6) is 0 Å². The Bertz CT molecular complexity index is 1180. The van der Waals surface area contributed by atoms with E-state index in [1.807, 2.05) is 0 Å². The number of carbonyl (C=O) groups is 2. The molecule has 0 aliphatic heterocycles. The second-order valence-electron chi connectivity index (χ2n) is 7.78. The smallest absolute Gasteiger partial charge is 0.299 e. The maximum Gasteiger partial charge on any atom is 0.418 e. The van der Waals surface area contributed by atoms with Crippen molar-refractivity contribution in [2.24, 2.45) is 0 Å². The van der Waals surface area contributed by atoms with Crippen LogP contribution >= 0.6 is 0 Å². The van der Waals surface area contributed by atoms with Crippen LogP contribution in [0.15, 0.2) is 66.9 Å². The van der Waals surface area contributed by atoms with Crippen LogP contribution in [0.25, 0.3) is 0 Å². The minimum Gasteiger partial charge on any atom is -0.299 e. The third-order valence-electron chi connectivity index (χ3n) is 5.28. The minimum atomic E-state index is -4.77. The molecule has 0 fully saturated rings. The second kappa shape index (κ2) is 9.79. The summed E-state index contributed by atoms with van der Waals surface area (Å²) in [6.45, 7) is 1.36. The largest absolute Gasteiger partial charge is 0.418 e. The lowest BCUT2D eigenvalue weighted by molar-refractivity contribution is -0.139. The molecule has 0 unspecified atom stereocenters. The van der Waals surface area contributed by atoms with Crippen LogP contribution < -0.4 is 0 Å². The van der Waals surface area contributed by atoms with E-state index in [2.05, 4.69) is 4.98 Å². The average molecular weight is 479 g/mol. The molecule has 178 valence electrons.